The molecular formula is C25H36N6. The van der Waals surface area contributed by atoms with Crippen LogP contribution in [0.5, 0.6) is 0 Å². The van der Waals surface area contributed by atoms with E-state index in [1.165, 1.54) is 11.1 Å². The zero-order valence-corrected chi connectivity index (χ0v) is 19.8. The number of fused-ring (bicyclic) bond motifs is 1. The first-order valence-corrected chi connectivity index (χ1v) is 11.4. The van der Waals surface area contributed by atoms with Gasteiger partial charge in [0.05, 0.1) is 17.5 Å². The third-order valence-corrected chi connectivity index (χ3v) is 6.70. The Balaban J connectivity index is 1.44. The second kappa shape index (κ2) is 8.58. The molecule has 1 fully saturated rings. The predicted octanol–water partition coefficient (Wildman–Crippen LogP) is 4.42. The molecule has 0 amide bonds. The molecule has 6 nitrogen and oxygen atoms in total. The molecule has 1 saturated heterocycles. The molecule has 1 atom stereocenters. The van der Waals surface area contributed by atoms with Crippen LogP contribution in [0.2, 0.25) is 0 Å². The van der Waals surface area contributed by atoms with Crippen LogP contribution in [-0.4, -0.2) is 44.7 Å². The molecule has 4 rings (SSSR count). The summed E-state index contributed by atoms with van der Waals surface area (Å²) in [6.45, 7) is 16.2. The number of nitrogens with zero attached hydrogens (tertiary/aromatic N) is 5. The van der Waals surface area contributed by atoms with Gasteiger partial charge in [0.25, 0.3) is 0 Å². The standard InChI is InChI=1S/C25H36N6/c1-17-13-21-19(3)27-24(29-22(21)14-18(17)2)31-10-7-20(8-11-31)28-23(25(4,5)6)15-30-12-9-26-16-30/h9,12-14,16,20,23,28H,7-8,10-11,15H2,1-6H3/t23-/m1/s1. The molecule has 2 aromatic heterocycles. The van der Waals surface area contributed by atoms with Crippen molar-refractivity contribution in [2.75, 3.05) is 18.0 Å². The lowest BCUT2D eigenvalue weighted by Gasteiger charge is -2.39. The quantitative estimate of drug-likeness (QED) is 0.662. The van der Waals surface area contributed by atoms with Gasteiger partial charge in [-0.3, -0.25) is 0 Å². The van der Waals surface area contributed by atoms with Crippen LogP contribution < -0.4 is 10.2 Å². The highest BCUT2D eigenvalue weighted by Crippen LogP contribution is 2.26. The average Bonchev–Trinajstić information content (AvgIpc) is 3.22. The number of aryl methyl sites for hydroxylation is 3. The average molecular weight is 421 g/mol. The molecule has 31 heavy (non-hydrogen) atoms. The van der Waals surface area contributed by atoms with Gasteiger partial charge in [-0.15, -0.1) is 0 Å². The lowest BCUT2D eigenvalue weighted by molar-refractivity contribution is 0.210. The molecule has 0 spiro atoms. The van der Waals surface area contributed by atoms with Crippen LogP contribution >= 0.6 is 0 Å². The van der Waals surface area contributed by atoms with E-state index in [0.717, 1.165) is 55.0 Å². The molecule has 0 radical (unpaired) electrons. The van der Waals surface area contributed by atoms with Crippen LogP contribution in [0.3, 0.4) is 0 Å². The second-order valence-electron chi connectivity index (χ2n) is 10.2. The minimum absolute atomic E-state index is 0.177. The van der Waals surface area contributed by atoms with Crippen molar-refractivity contribution in [1.82, 2.24) is 24.8 Å². The normalized spacial score (nSPS) is 16.8. The van der Waals surface area contributed by atoms with Crippen LogP contribution in [0.4, 0.5) is 5.95 Å². The van der Waals surface area contributed by atoms with Gasteiger partial charge < -0.3 is 14.8 Å². The summed E-state index contributed by atoms with van der Waals surface area (Å²) in [6.07, 6.45) is 8.01. The van der Waals surface area contributed by atoms with Crippen molar-refractivity contribution in [3.63, 3.8) is 0 Å². The zero-order valence-electron chi connectivity index (χ0n) is 19.8. The number of piperidine rings is 1. The van der Waals surface area contributed by atoms with Crippen molar-refractivity contribution in [2.24, 2.45) is 5.41 Å². The number of imidazole rings is 1. The Morgan fingerprint density at radius 3 is 2.42 bits per heavy atom. The van der Waals surface area contributed by atoms with Crippen molar-refractivity contribution in [1.29, 1.82) is 0 Å². The van der Waals surface area contributed by atoms with Gasteiger partial charge in [0, 0.05) is 49.5 Å². The number of aromatic nitrogens is 4. The van der Waals surface area contributed by atoms with E-state index in [0.29, 0.717) is 12.1 Å². The van der Waals surface area contributed by atoms with Crippen molar-refractivity contribution in [2.45, 2.75) is 73.0 Å². The maximum atomic E-state index is 4.92. The van der Waals surface area contributed by atoms with Gasteiger partial charge in [-0.05, 0) is 62.3 Å². The summed E-state index contributed by atoms with van der Waals surface area (Å²) in [7, 11) is 0. The van der Waals surface area contributed by atoms with Crippen LogP contribution in [0.15, 0.2) is 30.9 Å². The van der Waals surface area contributed by atoms with Crippen LogP contribution in [-0.2, 0) is 6.54 Å². The van der Waals surface area contributed by atoms with Crippen molar-refractivity contribution >= 4 is 16.9 Å². The number of anilines is 1. The molecule has 6 heteroatoms. The lowest BCUT2D eigenvalue weighted by atomic mass is 9.85. The van der Waals surface area contributed by atoms with E-state index >= 15 is 0 Å². The van der Waals surface area contributed by atoms with Gasteiger partial charge in [-0.25, -0.2) is 15.0 Å². The highest BCUT2D eigenvalue weighted by atomic mass is 15.3. The van der Waals surface area contributed by atoms with Crippen molar-refractivity contribution < 1.29 is 0 Å². The Hall–Kier alpha value is -2.47. The summed E-state index contributed by atoms with van der Waals surface area (Å²) < 4.78 is 2.17. The first kappa shape index (κ1) is 21.8. The van der Waals surface area contributed by atoms with Crippen LogP contribution in [0.1, 0.15) is 50.4 Å². The minimum atomic E-state index is 0.177. The number of rotatable bonds is 5. The number of nitrogens with one attached hydrogen (secondary N) is 1. The van der Waals surface area contributed by atoms with Gasteiger partial charge in [0.15, 0.2) is 0 Å². The highest BCUT2D eigenvalue weighted by Gasteiger charge is 2.29. The smallest absolute Gasteiger partial charge is 0.226 e. The van der Waals surface area contributed by atoms with Crippen LogP contribution in [0.25, 0.3) is 10.9 Å². The summed E-state index contributed by atoms with van der Waals surface area (Å²) in [5.74, 6) is 0.873. The summed E-state index contributed by atoms with van der Waals surface area (Å²) in [5, 5.41) is 5.11. The van der Waals surface area contributed by atoms with Gasteiger partial charge in [-0.2, -0.15) is 0 Å². The van der Waals surface area contributed by atoms with Crippen molar-refractivity contribution in [3.05, 3.63) is 47.7 Å². The summed E-state index contributed by atoms with van der Waals surface area (Å²) in [6, 6.07) is 5.31. The maximum absolute atomic E-state index is 4.92. The van der Waals surface area contributed by atoms with E-state index in [2.05, 4.69) is 73.4 Å². The van der Waals surface area contributed by atoms with Gasteiger partial charge in [-0.1, -0.05) is 20.8 Å². The highest BCUT2D eigenvalue weighted by molar-refractivity contribution is 5.83. The number of benzene rings is 1. The zero-order chi connectivity index (χ0) is 22.2. The first-order valence-electron chi connectivity index (χ1n) is 11.4. The number of hydrogen-bond donors (Lipinski definition) is 1. The molecule has 3 aromatic rings. The monoisotopic (exact) mass is 420 g/mol. The largest absolute Gasteiger partial charge is 0.341 e. The molecule has 0 saturated carbocycles. The Morgan fingerprint density at radius 1 is 1.06 bits per heavy atom. The molecule has 1 aromatic carbocycles. The third kappa shape index (κ3) is 4.90. The Bertz CT molecular complexity index is 1030. The maximum Gasteiger partial charge on any atom is 0.226 e. The second-order valence-corrected chi connectivity index (χ2v) is 10.2. The SMILES string of the molecule is Cc1cc2nc(N3CCC(N[C@H](Cn4ccnc4)C(C)(C)C)CC3)nc(C)c2cc1C. The van der Waals surface area contributed by atoms with Gasteiger partial charge >= 0.3 is 0 Å². The molecule has 1 N–H and O–H groups in total. The fourth-order valence-corrected chi connectivity index (χ4v) is 4.38. The Kier molecular flexibility index (Phi) is 6.02. The van der Waals surface area contributed by atoms with Crippen molar-refractivity contribution in [3.8, 4) is 0 Å². The molecule has 0 unspecified atom stereocenters. The van der Waals surface area contributed by atoms with E-state index in [1.54, 1.807) is 0 Å². The van der Waals surface area contributed by atoms with E-state index < -0.39 is 0 Å². The third-order valence-electron chi connectivity index (χ3n) is 6.70. The lowest BCUT2D eigenvalue weighted by Crippen LogP contribution is -2.52. The topological polar surface area (TPSA) is 58.9 Å². The van der Waals surface area contributed by atoms with E-state index in [-0.39, 0.29) is 5.41 Å². The minimum Gasteiger partial charge on any atom is -0.341 e. The van der Waals surface area contributed by atoms with Gasteiger partial charge in [0.1, 0.15) is 0 Å². The molecule has 3 heterocycles. The first-order chi connectivity index (χ1) is 14.7. The van der Waals surface area contributed by atoms with Crippen LogP contribution in [0, 0.1) is 26.2 Å². The molecule has 166 valence electrons. The molecule has 1 aliphatic rings. The van der Waals surface area contributed by atoms with E-state index in [9.17, 15) is 0 Å². The molecule has 1 aliphatic heterocycles. The van der Waals surface area contributed by atoms with E-state index in [1.807, 2.05) is 18.7 Å². The summed E-state index contributed by atoms with van der Waals surface area (Å²) in [4.78, 5) is 16.3. The summed E-state index contributed by atoms with van der Waals surface area (Å²) >= 11 is 0. The fraction of sp³-hybridized carbons (Fsp3) is 0.560. The predicted molar refractivity (Wildman–Crippen MR) is 128 cm³/mol. The summed E-state index contributed by atoms with van der Waals surface area (Å²) in [5.41, 5.74) is 4.87. The van der Waals surface area contributed by atoms with Gasteiger partial charge in [0.2, 0.25) is 5.95 Å². The Labute approximate surface area is 186 Å². The fourth-order valence-electron chi connectivity index (χ4n) is 4.38. The molecular weight excluding hydrogens is 384 g/mol. The molecule has 0 aliphatic carbocycles. The molecule has 0 bridgehead atoms. The van der Waals surface area contributed by atoms with E-state index in [4.69, 9.17) is 9.97 Å². The Morgan fingerprint density at radius 2 is 1.77 bits per heavy atom. The number of hydrogen-bond acceptors (Lipinski definition) is 5.